The monoisotopic (exact) mass is 332 g/mol. The molecule has 1 aromatic rings. The molecule has 0 saturated carbocycles. The average Bonchev–Trinajstić information content (AvgIpc) is 2.40. The minimum Gasteiger partial charge on any atom is -0.433 e. The maximum Gasteiger partial charge on any atom is 0.387 e. The molecule has 2 amide bonds. The van der Waals surface area contributed by atoms with Gasteiger partial charge in [-0.1, -0.05) is 25.4 Å². The largest absolute Gasteiger partial charge is 0.433 e. The number of nitrogens with zero attached hydrogens (tertiary/aromatic N) is 1. The van der Waals surface area contributed by atoms with Crippen molar-refractivity contribution in [2.24, 2.45) is 11.8 Å². The summed E-state index contributed by atoms with van der Waals surface area (Å²) in [4.78, 5) is 14.0. The highest BCUT2D eigenvalue weighted by molar-refractivity contribution is 6.32. The van der Waals surface area contributed by atoms with Crippen molar-refractivity contribution >= 4 is 23.3 Å². The van der Waals surface area contributed by atoms with Gasteiger partial charge in [0.15, 0.2) is 0 Å². The van der Waals surface area contributed by atoms with Gasteiger partial charge in [-0.3, -0.25) is 0 Å². The Kier molecular flexibility index (Phi) is 5.45. The second-order valence-electron chi connectivity index (χ2n) is 5.80. The first-order valence-corrected chi connectivity index (χ1v) is 7.53. The Bertz CT molecular complexity index is 532. The van der Waals surface area contributed by atoms with Crippen LogP contribution in [0.2, 0.25) is 5.02 Å². The molecule has 1 heterocycles. The van der Waals surface area contributed by atoms with Gasteiger partial charge in [0.2, 0.25) is 0 Å². The molecule has 122 valence electrons. The fourth-order valence-electron chi connectivity index (χ4n) is 2.80. The molecule has 2 rings (SSSR count). The maximum atomic E-state index is 12.3. The quantitative estimate of drug-likeness (QED) is 0.888. The molecule has 1 N–H and O–H groups in total. The SMILES string of the molecule is CC1CC(C)CN(C(=O)Nc2ccc(OC(F)F)c(Cl)c2)C1. The highest BCUT2D eigenvalue weighted by atomic mass is 35.5. The Balaban J connectivity index is 2.01. The van der Waals surface area contributed by atoms with E-state index in [0.717, 1.165) is 6.42 Å². The second kappa shape index (κ2) is 7.13. The van der Waals surface area contributed by atoms with Crippen LogP contribution in [0.3, 0.4) is 0 Å². The van der Waals surface area contributed by atoms with Gasteiger partial charge in [-0.05, 0) is 36.5 Å². The normalized spacial score (nSPS) is 21.8. The molecule has 4 nitrogen and oxygen atoms in total. The summed E-state index contributed by atoms with van der Waals surface area (Å²) in [5, 5.41) is 2.76. The number of amides is 2. The number of rotatable bonds is 3. The predicted octanol–water partition coefficient (Wildman–Crippen LogP) is 4.45. The van der Waals surface area contributed by atoms with Crippen molar-refractivity contribution in [2.45, 2.75) is 26.9 Å². The number of anilines is 1. The van der Waals surface area contributed by atoms with Crippen LogP contribution < -0.4 is 10.1 Å². The molecule has 0 spiro atoms. The molecule has 1 fully saturated rings. The lowest BCUT2D eigenvalue weighted by molar-refractivity contribution is -0.0497. The summed E-state index contributed by atoms with van der Waals surface area (Å²) >= 11 is 5.87. The standard InChI is InChI=1S/C15H19ClF2N2O2/c1-9-5-10(2)8-20(7-9)15(21)19-11-3-4-13(12(16)6-11)22-14(17)18/h3-4,6,9-10,14H,5,7-8H2,1-2H3,(H,19,21). The Morgan fingerprint density at radius 1 is 1.36 bits per heavy atom. The molecule has 0 aromatic heterocycles. The van der Waals surface area contributed by atoms with E-state index in [0.29, 0.717) is 30.6 Å². The summed E-state index contributed by atoms with van der Waals surface area (Å²) in [6, 6.07) is 3.98. The van der Waals surface area contributed by atoms with Crippen molar-refractivity contribution in [1.29, 1.82) is 0 Å². The zero-order valence-corrected chi connectivity index (χ0v) is 13.2. The Labute approximate surface area is 133 Å². The van der Waals surface area contributed by atoms with Crippen molar-refractivity contribution in [2.75, 3.05) is 18.4 Å². The minimum atomic E-state index is -2.94. The van der Waals surface area contributed by atoms with E-state index in [1.165, 1.54) is 18.2 Å². The number of likely N-dealkylation sites (tertiary alicyclic amines) is 1. The number of urea groups is 1. The number of halogens is 3. The lowest BCUT2D eigenvalue weighted by atomic mass is 9.92. The molecule has 0 aliphatic carbocycles. The summed E-state index contributed by atoms with van der Waals surface area (Å²) in [5.74, 6) is 0.801. The van der Waals surface area contributed by atoms with Crippen LogP contribution in [0.4, 0.5) is 19.3 Å². The van der Waals surface area contributed by atoms with E-state index in [4.69, 9.17) is 11.6 Å². The number of ether oxygens (including phenoxy) is 1. The predicted molar refractivity (Wildman–Crippen MR) is 81.6 cm³/mol. The van der Waals surface area contributed by atoms with Crippen LogP contribution in [0.15, 0.2) is 18.2 Å². The van der Waals surface area contributed by atoms with Crippen LogP contribution in [0, 0.1) is 11.8 Å². The third kappa shape index (κ3) is 4.47. The number of hydrogen-bond donors (Lipinski definition) is 1. The zero-order chi connectivity index (χ0) is 16.3. The molecular weight excluding hydrogens is 314 g/mol. The zero-order valence-electron chi connectivity index (χ0n) is 12.5. The van der Waals surface area contributed by atoms with E-state index in [1.807, 2.05) is 0 Å². The summed E-state index contributed by atoms with van der Waals surface area (Å²) in [7, 11) is 0. The van der Waals surface area contributed by atoms with Crippen LogP contribution in [-0.4, -0.2) is 30.6 Å². The highest BCUT2D eigenvalue weighted by Crippen LogP contribution is 2.29. The topological polar surface area (TPSA) is 41.6 Å². The van der Waals surface area contributed by atoms with Gasteiger partial charge in [0.25, 0.3) is 0 Å². The first-order valence-electron chi connectivity index (χ1n) is 7.15. The fourth-order valence-corrected chi connectivity index (χ4v) is 3.03. The molecule has 7 heteroatoms. The van der Waals surface area contributed by atoms with Gasteiger partial charge >= 0.3 is 12.6 Å². The minimum absolute atomic E-state index is 0.0264. The molecule has 0 bridgehead atoms. The third-order valence-electron chi connectivity index (χ3n) is 3.56. The molecule has 1 aliphatic heterocycles. The molecule has 1 aliphatic rings. The number of benzene rings is 1. The van der Waals surface area contributed by atoms with Crippen LogP contribution in [0.1, 0.15) is 20.3 Å². The van der Waals surface area contributed by atoms with Crippen LogP contribution >= 0.6 is 11.6 Å². The van der Waals surface area contributed by atoms with Gasteiger partial charge in [0.1, 0.15) is 5.75 Å². The molecular formula is C15H19ClF2N2O2. The maximum absolute atomic E-state index is 12.3. The fraction of sp³-hybridized carbons (Fsp3) is 0.533. The van der Waals surface area contributed by atoms with Gasteiger partial charge in [0.05, 0.1) is 5.02 Å². The Morgan fingerprint density at radius 3 is 2.55 bits per heavy atom. The van der Waals surface area contributed by atoms with Gasteiger partial charge in [0, 0.05) is 18.8 Å². The van der Waals surface area contributed by atoms with Crippen LogP contribution in [-0.2, 0) is 0 Å². The van der Waals surface area contributed by atoms with Gasteiger partial charge in [-0.2, -0.15) is 8.78 Å². The smallest absolute Gasteiger partial charge is 0.387 e. The number of nitrogens with one attached hydrogen (secondary N) is 1. The number of carbonyl (C=O) groups excluding carboxylic acids is 1. The summed E-state index contributed by atoms with van der Waals surface area (Å²) in [6.07, 6.45) is 1.11. The molecule has 0 radical (unpaired) electrons. The van der Waals surface area contributed by atoms with Crippen molar-refractivity contribution in [3.05, 3.63) is 23.2 Å². The van der Waals surface area contributed by atoms with E-state index in [2.05, 4.69) is 23.9 Å². The Morgan fingerprint density at radius 2 is 2.00 bits per heavy atom. The highest BCUT2D eigenvalue weighted by Gasteiger charge is 2.25. The lowest BCUT2D eigenvalue weighted by Gasteiger charge is -2.34. The van der Waals surface area contributed by atoms with Crippen LogP contribution in [0.5, 0.6) is 5.75 Å². The van der Waals surface area contributed by atoms with E-state index in [9.17, 15) is 13.6 Å². The number of hydrogen-bond acceptors (Lipinski definition) is 2. The average molecular weight is 333 g/mol. The molecule has 1 aromatic carbocycles. The van der Waals surface area contributed by atoms with Crippen molar-refractivity contribution in [3.63, 3.8) is 0 Å². The molecule has 2 atom stereocenters. The molecule has 22 heavy (non-hydrogen) atoms. The summed E-state index contributed by atoms with van der Waals surface area (Å²) < 4.78 is 28.6. The van der Waals surface area contributed by atoms with E-state index >= 15 is 0 Å². The van der Waals surface area contributed by atoms with Crippen molar-refractivity contribution < 1.29 is 18.3 Å². The van der Waals surface area contributed by atoms with Crippen molar-refractivity contribution in [1.82, 2.24) is 4.90 Å². The van der Waals surface area contributed by atoms with Gasteiger partial charge in [-0.15, -0.1) is 0 Å². The third-order valence-corrected chi connectivity index (χ3v) is 3.85. The first-order chi connectivity index (χ1) is 10.3. The summed E-state index contributed by atoms with van der Waals surface area (Å²) in [5.41, 5.74) is 0.447. The van der Waals surface area contributed by atoms with Gasteiger partial charge < -0.3 is 15.0 Å². The summed E-state index contributed by atoms with van der Waals surface area (Å²) in [6.45, 7) is 2.70. The van der Waals surface area contributed by atoms with Gasteiger partial charge in [-0.25, -0.2) is 4.79 Å². The van der Waals surface area contributed by atoms with E-state index < -0.39 is 6.61 Å². The second-order valence-corrected chi connectivity index (χ2v) is 6.21. The van der Waals surface area contributed by atoms with E-state index in [-0.39, 0.29) is 16.8 Å². The molecule has 2 unspecified atom stereocenters. The first kappa shape index (κ1) is 16.8. The van der Waals surface area contributed by atoms with Crippen molar-refractivity contribution in [3.8, 4) is 5.75 Å². The van der Waals surface area contributed by atoms with Crippen LogP contribution in [0.25, 0.3) is 0 Å². The number of piperidine rings is 1. The number of carbonyl (C=O) groups is 1. The Hall–Kier alpha value is -1.56. The number of alkyl halides is 2. The lowest BCUT2D eigenvalue weighted by Crippen LogP contribution is -2.44. The van der Waals surface area contributed by atoms with E-state index in [1.54, 1.807) is 4.90 Å². The molecule has 1 saturated heterocycles.